The third-order valence-electron chi connectivity index (χ3n) is 2.97. The molecule has 0 aliphatic rings. The molecular formula is C15H14Br2N2O. The molecule has 0 unspecified atom stereocenters. The van der Waals surface area contributed by atoms with Crippen molar-refractivity contribution in [3.05, 3.63) is 56.0 Å². The number of hydrogen-bond acceptors (Lipinski definition) is 2. The van der Waals surface area contributed by atoms with Crippen LogP contribution < -0.4 is 11.1 Å². The summed E-state index contributed by atoms with van der Waals surface area (Å²) in [4.78, 5) is 12.3. The predicted octanol–water partition coefficient (Wildman–Crippen LogP) is 4.66. The molecule has 0 heterocycles. The minimum absolute atomic E-state index is 0.176. The number of carbonyl (C=O) groups is 1. The van der Waals surface area contributed by atoms with Crippen LogP contribution in [0.5, 0.6) is 0 Å². The van der Waals surface area contributed by atoms with E-state index in [0.717, 1.165) is 20.1 Å². The minimum atomic E-state index is -0.176. The van der Waals surface area contributed by atoms with Crippen LogP contribution in [0.3, 0.4) is 0 Å². The van der Waals surface area contributed by atoms with E-state index < -0.39 is 0 Å². The lowest BCUT2D eigenvalue weighted by molar-refractivity contribution is 0.102. The monoisotopic (exact) mass is 396 g/mol. The standard InChI is InChI=1S/C15H14Br2N2O/c1-8-3-4-11(16)10(5-8)15(20)19-14-7-13(18)9(2)6-12(14)17/h3-7H,18H2,1-2H3,(H,19,20). The predicted molar refractivity (Wildman–Crippen MR) is 90.1 cm³/mol. The van der Waals surface area contributed by atoms with Gasteiger partial charge in [-0.05, 0) is 75.5 Å². The van der Waals surface area contributed by atoms with Gasteiger partial charge in [-0.3, -0.25) is 4.79 Å². The van der Waals surface area contributed by atoms with Gasteiger partial charge in [0.2, 0.25) is 0 Å². The molecule has 0 saturated heterocycles. The van der Waals surface area contributed by atoms with Gasteiger partial charge in [-0.25, -0.2) is 0 Å². The number of halogens is 2. The summed E-state index contributed by atoms with van der Waals surface area (Å²) in [6.45, 7) is 3.87. The average molecular weight is 398 g/mol. The SMILES string of the molecule is Cc1ccc(Br)c(C(=O)Nc2cc(N)c(C)cc2Br)c1. The molecule has 0 aliphatic heterocycles. The fraction of sp³-hybridized carbons (Fsp3) is 0.133. The lowest BCUT2D eigenvalue weighted by Crippen LogP contribution is -2.13. The van der Waals surface area contributed by atoms with Crippen molar-refractivity contribution in [3.63, 3.8) is 0 Å². The molecule has 2 rings (SSSR count). The van der Waals surface area contributed by atoms with E-state index in [1.165, 1.54) is 0 Å². The third-order valence-corrected chi connectivity index (χ3v) is 4.32. The van der Waals surface area contributed by atoms with Crippen LogP contribution in [-0.4, -0.2) is 5.91 Å². The molecule has 1 amide bonds. The number of nitrogens with one attached hydrogen (secondary N) is 1. The number of nitrogen functional groups attached to an aromatic ring is 1. The van der Waals surface area contributed by atoms with Crippen LogP contribution in [0.4, 0.5) is 11.4 Å². The van der Waals surface area contributed by atoms with Crippen molar-refractivity contribution in [1.29, 1.82) is 0 Å². The van der Waals surface area contributed by atoms with Crippen molar-refractivity contribution in [1.82, 2.24) is 0 Å². The van der Waals surface area contributed by atoms with Crippen molar-refractivity contribution < 1.29 is 4.79 Å². The van der Waals surface area contributed by atoms with Crippen molar-refractivity contribution in [2.75, 3.05) is 11.1 Å². The molecule has 0 fully saturated rings. The number of carbonyl (C=O) groups excluding carboxylic acids is 1. The smallest absolute Gasteiger partial charge is 0.256 e. The Kier molecular flexibility index (Phi) is 4.50. The second-order valence-electron chi connectivity index (χ2n) is 4.63. The summed E-state index contributed by atoms with van der Waals surface area (Å²) in [6, 6.07) is 9.28. The van der Waals surface area contributed by atoms with E-state index in [4.69, 9.17) is 5.73 Å². The van der Waals surface area contributed by atoms with Gasteiger partial charge in [0.1, 0.15) is 0 Å². The maximum absolute atomic E-state index is 12.3. The van der Waals surface area contributed by atoms with Gasteiger partial charge in [0, 0.05) is 14.6 Å². The molecule has 0 spiro atoms. The zero-order valence-corrected chi connectivity index (χ0v) is 14.3. The summed E-state index contributed by atoms with van der Waals surface area (Å²) in [5, 5.41) is 2.87. The summed E-state index contributed by atoms with van der Waals surface area (Å²) in [6.07, 6.45) is 0. The first-order valence-electron chi connectivity index (χ1n) is 6.01. The number of nitrogens with two attached hydrogens (primary N) is 1. The second kappa shape index (κ2) is 5.97. The molecular weight excluding hydrogens is 384 g/mol. The molecule has 5 heteroatoms. The quantitative estimate of drug-likeness (QED) is 0.723. The van der Waals surface area contributed by atoms with Crippen LogP contribution in [0.1, 0.15) is 21.5 Å². The summed E-state index contributed by atoms with van der Waals surface area (Å²) >= 11 is 6.83. The lowest BCUT2D eigenvalue weighted by atomic mass is 10.1. The van der Waals surface area contributed by atoms with Gasteiger partial charge >= 0.3 is 0 Å². The van der Waals surface area contributed by atoms with Gasteiger partial charge in [-0.2, -0.15) is 0 Å². The van der Waals surface area contributed by atoms with E-state index in [2.05, 4.69) is 37.2 Å². The highest BCUT2D eigenvalue weighted by atomic mass is 79.9. The summed E-state index contributed by atoms with van der Waals surface area (Å²) < 4.78 is 1.57. The van der Waals surface area contributed by atoms with Crippen molar-refractivity contribution in [2.45, 2.75) is 13.8 Å². The highest BCUT2D eigenvalue weighted by Gasteiger charge is 2.13. The highest BCUT2D eigenvalue weighted by Crippen LogP contribution is 2.29. The molecule has 0 aromatic heterocycles. The Bertz CT molecular complexity index is 684. The Morgan fingerprint density at radius 2 is 1.80 bits per heavy atom. The fourth-order valence-corrected chi connectivity index (χ4v) is 2.77. The molecule has 0 radical (unpaired) electrons. The normalized spacial score (nSPS) is 10.4. The first kappa shape index (κ1) is 15.1. The summed E-state index contributed by atoms with van der Waals surface area (Å²) in [5.41, 5.74) is 9.77. The Hall–Kier alpha value is -1.33. The van der Waals surface area contributed by atoms with Gasteiger partial charge in [-0.15, -0.1) is 0 Å². The molecule has 0 aliphatic carbocycles. The summed E-state index contributed by atoms with van der Waals surface area (Å²) in [5.74, 6) is -0.176. The highest BCUT2D eigenvalue weighted by molar-refractivity contribution is 9.11. The Morgan fingerprint density at radius 3 is 2.50 bits per heavy atom. The number of anilines is 2. The average Bonchev–Trinajstić information content (AvgIpc) is 2.38. The van der Waals surface area contributed by atoms with Gasteiger partial charge < -0.3 is 11.1 Å². The summed E-state index contributed by atoms with van der Waals surface area (Å²) in [7, 11) is 0. The lowest BCUT2D eigenvalue weighted by Gasteiger charge is -2.11. The number of rotatable bonds is 2. The zero-order valence-electron chi connectivity index (χ0n) is 11.1. The molecule has 20 heavy (non-hydrogen) atoms. The van der Waals surface area contributed by atoms with Gasteiger partial charge in [0.15, 0.2) is 0 Å². The third kappa shape index (κ3) is 3.22. The van der Waals surface area contributed by atoms with E-state index >= 15 is 0 Å². The molecule has 2 aromatic rings. The Morgan fingerprint density at radius 1 is 1.10 bits per heavy atom. The first-order chi connectivity index (χ1) is 9.38. The van der Waals surface area contributed by atoms with Crippen LogP contribution in [0.15, 0.2) is 39.3 Å². The van der Waals surface area contributed by atoms with E-state index in [-0.39, 0.29) is 5.91 Å². The zero-order chi connectivity index (χ0) is 14.9. The first-order valence-corrected chi connectivity index (χ1v) is 7.60. The molecule has 3 nitrogen and oxygen atoms in total. The largest absolute Gasteiger partial charge is 0.398 e. The molecule has 0 bridgehead atoms. The maximum atomic E-state index is 12.3. The molecule has 104 valence electrons. The molecule has 2 aromatic carbocycles. The minimum Gasteiger partial charge on any atom is -0.398 e. The van der Waals surface area contributed by atoms with Crippen LogP contribution in [-0.2, 0) is 0 Å². The van der Waals surface area contributed by atoms with Crippen LogP contribution >= 0.6 is 31.9 Å². The molecule has 3 N–H and O–H groups in total. The number of aryl methyl sites for hydroxylation is 2. The second-order valence-corrected chi connectivity index (χ2v) is 6.33. The van der Waals surface area contributed by atoms with Crippen LogP contribution in [0.2, 0.25) is 0 Å². The number of hydrogen-bond donors (Lipinski definition) is 2. The van der Waals surface area contributed by atoms with E-state index in [0.29, 0.717) is 16.9 Å². The number of amides is 1. The van der Waals surface area contributed by atoms with E-state index in [9.17, 15) is 4.79 Å². The Balaban J connectivity index is 2.32. The topological polar surface area (TPSA) is 55.1 Å². The van der Waals surface area contributed by atoms with Crippen LogP contribution in [0, 0.1) is 13.8 Å². The number of benzene rings is 2. The fourth-order valence-electron chi connectivity index (χ4n) is 1.79. The maximum Gasteiger partial charge on any atom is 0.256 e. The molecule has 0 saturated carbocycles. The van der Waals surface area contributed by atoms with E-state index in [1.807, 2.05) is 38.1 Å². The Labute approximate surface area is 134 Å². The van der Waals surface area contributed by atoms with Gasteiger partial charge in [0.25, 0.3) is 5.91 Å². The van der Waals surface area contributed by atoms with E-state index in [1.54, 1.807) is 6.07 Å². The molecule has 0 atom stereocenters. The van der Waals surface area contributed by atoms with Crippen molar-refractivity contribution >= 4 is 49.1 Å². The van der Waals surface area contributed by atoms with Crippen LogP contribution in [0.25, 0.3) is 0 Å². The van der Waals surface area contributed by atoms with Gasteiger partial charge in [-0.1, -0.05) is 11.6 Å². The van der Waals surface area contributed by atoms with Gasteiger partial charge in [0.05, 0.1) is 11.3 Å². The van der Waals surface area contributed by atoms with Crippen molar-refractivity contribution in [2.24, 2.45) is 0 Å². The van der Waals surface area contributed by atoms with Crippen molar-refractivity contribution in [3.8, 4) is 0 Å².